The number of anilines is 1. The van der Waals surface area contributed by atoms with E-state index in [0.29, 0.717) is 17.4 Å². The highest BCUT2D eigenvalue weighted by atomic mass is 35.5. The molecule has 0 aliphatic heterocycles. The van der Waals surface area contributed by atoms with E-state index in [2.05, 4.69) is 15.8 Å². The average molecular weight is 442 g/mol. The molecule has 8 heteroatoms. The molecule has 0 aliphatic rings. The molecule has 0 saturated heterocycles. The lowest BCUT2D eigenvalue weighted by molar-refractivity contribution is -0.136. The van der Waals surface area contributed by atoms with Gasteiger partial charge < -0.3 is 10.1 Å². The predicted molar refractivity (Wildman–Crippen MR) is 118 cm³/mol. The van der Waals surface area contributed by atoms with Gasteiger partial charge in [-0.25, -0.2) is 5.43 Å². The third kappa shape index (κ3) is 6.34. The first kappa shape index (κ1) is 21.4. The standard InChI is InChI=1S/C22H17Cl2N3O3/c23-17-8-11-19(24)20(12-17)26-21(28)22(29)27-25-13-15-6-9-18(10-7-15)30-14-16-4-2-1-3-5-16/h1-13H,14H2,(H,26,28)(H,27,29)/b25-13+. The Morgan fingerprint density at radius 2 is 1.67 bits per heavy atom. The molecular formula is C22H17Cl2N3O3. The van der Waals surface area contributed by atoms with Crippen LogP contribution in [0, 0.1) is 0 Å². The normalized spacial score (nSPS) is 10.6. The Bertz CT molecular complexity index is 1050. The minimum absolute atomic E-state index is 0.236. The van der Waals surface area contributed by atoms with E-state index < -0.39 is 11.8 Å². The summed E-state index contributed by atoms with van der Waals surface area (Å²) in [6, 6.07) is 21.5. The van der Waals surface area contributed by atoms with Crippen LogP contribution >= 0.6 is 23.2 Å². The van der Waals surface area contributed by atoms with Crippen molar-refractivity contribution in [2.45, 2.75) is 6.61 Å². The van der Waals surface area contributed by atoms with Gasteiger partial charge in [0.15, 0.2) is 0 Å². The maximum Gasteiger partial charge on any atom is 0.329 e. The van der Waals surface area contributed by atoms with Gasteiger partial charge in [-0.15, -0.1) is 0 Å². The van der Waals surface area contributed by atoms with Crippen molar-refractivity contribution in [3.63, 3.8) is 0 Å². The molecule has 0 spiro atoms. The molecule has 3 aromatic carbocycles. The Balaban J connectivity index is 1.48. The van der Waals surface area contributed by atoms with E-state index in [1.165, 1.54) is 18.3 Å². The minimum Gasteiger partial charge on any atom is -0.489 e. The van der Waals surface area contributed by atoms with E-state index in [4.69, 9.17) is 27.9 Å². The van der Waals surface area contributed by atoms with Gasteiger partial charge in [-0.2, -0.15) is 5.10 Å². The van der Waals surface area contributed by atoms with Crippen molar-refractivity contribution in [1.29, 1.82) is 0 Å². The third-order valence-corrected chi connectivity index (χ3v) is 4.46. The van der Waals surface area contributed by atoms with E-state index in [0.717, 1.165) is 11.1 Å². The fourth-order valence-electron chi connectivity index (χ4n) is 2.38. The monoisotopic (exact) mass is 441 g/mol. The average Bonchev–Trinajstić information content (AvgIpc) is 2.76. The number of ether oxygens (including phenoxy) is 1. The molecule has 0 radical (unpaired) electrons. The summed E-state index contributed by atoms with van der Waals surface area (Å²) in [5.74, 6) is -1.15. The molecule has 2 amide bonds. The molecule has 0 unspecified atom stereocenters. The van der Waals surface area contributed by atoms with Crippen LogP contribution in [0.15, 0.2) is 77.9 Å². The van der Waals surface area contributed by atoms with Gasteiger partial charge in [-0.3, -0.25) is 9.59 Å². The second kappa shape index (κ2) is 10.4. The quantitative estimate of drug-likeness (QED) is 0.331. The van der Waals surface area contributed by atoms with Gasteiger partial charge in [0.25, 0.3) is 0 Å². The maximum atomic E-state index is 11.9. The van der Waals surface area contributed by atoms with Crippen molar-refractivity contribution in [2.75, 3.05) is 5.32 Å². The van der Waals surface area contributed by atoms with Crippen molar-refractivity contribution >= 4 is 46.9 Å². The second-order valence-corrected chi connectivity index (χ2v) is 6.96. The molecule has 0 saturated carbocycles. The number of halogens is 2. The van der Waals surface area contributed by atoms with Crippen LogP contribution in [-0.2, 0) is 16.2 Å². The number of carbonyl (C=O) groups excluding carboxylic acids is 2. The van der Waals surface area contributed by atoms with Gasteiger partial charge in [0.2, 0.25) is 0 Å². The molecule has 30 heavy (non-hydrogen) atoms. The van der Waals surface area contributed by atoms with Crippen molar-refractivity contribution < 1.29 is 14.3 Å². The molecule has 0 atom stereocenters. The summed E-state index contributed by atoms with van der Waals surface area (Å²) in [6.07, 6.45) is 1.42. The first-order valence-corrected chi connectivity index (χ1v) is 9.63. The summed E-state index contributed by atoms with van der Waals surface area (Å²) in [5, 5.41) is 6.80. The van der Waals surface area contributed by atoms with Crippen molar-refractivity contribution in [3.05, 3.63) is 94.0 Å². The first-order chi connectivity index (χ1) is 14.5. The zero-order valence-electron chi connectivity index (χ0n) is 15.6. The zero-order valence-corrected chi connectivity index (χ0v) is 17.2. The Hall–Kier alpha value is -3.35. The SMILES string of the molecule is O=C(N/N=C/c1ccc(OCc2ccccc2)cc1)C(=O)Nc1cc(Cl)ccc1Cl. The van der Waals surface area contributed by atoms with Gasteiger partial charge in [0.05, 0.1) is 16.9 Å². The van der Waals surface area contributed by atoms with Crippen molar-refractivity contribution in [3.8, 4) is 5.75 Å². The molecule has 152 valence electrons. The largest absolute Gasteiger partial charge is 0.489 e. The van der Waals surface area contributed by atoms with Crippen LogP contribution in [-0.4, -0.2) is 18.0 Å². The number of hydrogen-bond acceptors (Lipinski definition) is 4. The van der Waals surface area contributed by atoms with Crippen LogP contribution in [0.5, 0.6) is 5.75 Å². The Labute approximate surface area is 183 Å². The number of carbonyl (C=O) groups is 2. The topological polar surface area (TPSA) is 79.8 Å². The molecule has 0 fully saturated rings. The fourth-order valence-corrected chi connectivity index (χ4v) is 2.72. The van der Waals surface area contributed by atoms with Crippen LogP contribution < -0.4 is 15.5 Å². The van der Waals surface area contributed by atoms with Crippen LogP contribution in [0.2, 0.25) is 10.0 Å². The van der Waals surface area contributed by atoms with E-state index in [9.17, 15) is 9.59 Å². The first-order valence-electron chi connectivity index (χ1n) is 8.87. The molecule has 0 aliphatic carbocycles. The van der Waals surface area contributed by atoms with E-state index in [1.807, 2.05) is 30.3 Å². The van der Waals surface area contributed by atoms with Crippen LogP contribution in [0.1, 0.15) is 11.1 Å². The number of nitrogens with one attached hydrogen (secondary N) is 2. The Kier molecular flexibility index (Phi) is 7.43. The summed E-state index contributed by atoms with van der Waals surface area (Å²) >= 11 is 11.8. The summed E-state index contributed by atoms with van der Waals surface area (Å²) in [7, 11) is 0. The van der Waals surface area contributed by atoms with Gasteiger partial charge >= 0.3 is 11.8 Å². The maximum absolute atomic E-state index is 11.9. The molecule has 0 aromatic heterocycles. The zero-order chi connectivity index (χ0) is 21.3. The van der Waals surface area contributed by atoms with Gasteiger partial charge in [0.1, 0.15) is 12.4 Å². The number of hydrazone groups is 1. The molecule has 3 aromatic rings. The lowest BCUT2D eigenvalue weighted by atomic mass is 10.2. The molecule has 2 N–H and O–H groups in total. The van der Waals surface area contributed by atoms with E-state index >= 15 is 0 Å². The molecule has 0 bridgehead atoms. The van der Waals surface area contributed by atoms with Crippen molar-refractivity contribution in [2.24, 2.45) is 5.10 Å². The van der Waals surface area contributed by atoms with E-state index in [1.54, 1.807) is 30.3 Å². The van der Waals surface area contributed by atoms with Gasteiger partial charge in [0, 0.05) is 5.02 Å². The lowest BCUT2D eigenvalue weighted by Crippen LogP contribution is -2.32. The lowest BCUT2D eigenvalue weighted by Gasteiger charge is -2.07. The second-order valence-electron chi connectivity index (χ2n) is 6.12. The molecular weight excluding hydrogens is 425 g/mol. The highest BCUT2D eigenvalue weighted by molar-refractivity contribution is 6.42. The Morgan fingerprint density at radius 3 is 2.40 bits per heavy atom. The minimum atomic E-state index is -0.940. The molecule has 3 rings (SSSR count). The number of benzene rings is 3. The summed E-state index contributed by atoms with van der Waals surface area (Å²) < 4.78 is 5.71. The summed E-state index contributed by atoms with van der Waals surface area (Å²) in [5.41, 5.74) is 4.19. The van der Waals surface area contributed by atoms with Crippen LogP contribution in [0.4, 0.5) is 5.69 Å². The third-order valence-electron chi connectivity index (χ3n) is 3.89. The summed E-state index contributed by atoms with van der Waals surface area (Å²) in [6.45, 7) is 0.468. The Morgan fingerprint density at radius 1 is 0.933 bits per heavy atom. The fraction of sp³-hybridized carbons (Fsp3) is 0.0455. The molecule has 6 nitrogen and oxygen atoms in total. The number of rotatable bonds is 6. The number of amides is 2. The van der Waals surface area contributed by atoms with Gasteiger partial charge in [-0.05, 0) is 53.6 Å². The van der Waals surface area contributed by atoms with Crippen LogP contribution in [0.3, 0.4) is 0 Å². The van der Waals surface area contributed by atoms with Crippen molar-refractivity contribution in [1.82, 2.24) is 5.43 Å². The smallest absolute Gasteiger partial charge is 0.329 e. The number of hydrogen-bond donors (Lipinski definition) is 2. The highest BCUT2D eigenvalue weighted by Crippen LogP contribution is 2.25. The van der Waals surface area contributed by atoms with Crippen LogP contribution in [0.25, 0.3) is 0 Å². The number of nitrogens with zero attached hydrogens (tertiary/aromatic N) is 1. The van der Waals surface area contributed by atoms with Gasteiger partial charge in [-0.1, -0.05) is 53.5 Å². The highest BCUT2D eigenvalue weighted by Gasteiger charge is 2.14. The van der Waals surface area contributed by atoms with E-state index in [-0.39, 0.29) is 10.7 Å². The molecule has 0 heterocycles. The predicted octanol–water partition coefficient (Wildman–Crippen LogP) is 4.66. The summed E-state index contributed by atoms with van der Waals surface area (Å²) in [4.78, 5) is 23.8.